The predicted molar refractivity (Wildman–Crippen MR) is 99.5 cm³/mol. The molecule has 0 fully saturated rings. The second-order valence-corrected chi connectivity index (χ2v) is 5.51. The summed E-state index contributed by atoms with van der Waals surface area (Å²) in [5.74, 6) is 0.811. The summed E-state index contributed by atoms with van der Waals surface area (Å²) in [5.41, 5.74) is 2.72. The summed E-state index contributed by atoms with van der Waals surface area (Å²) in [5, 5.41) is 3.36. The van der Waals surface area contributed by atoms with Crippen molar-refractivity contribution in [3.8, 4) is 5.75 Å². The summed E-state index contributed by atoms with van der Waals surface area (Å²) < 4.78 is 5.52. The van der Waals surface area contributed by atoms with E-state index in [1.165, 1.54) is 0 Å². The van der Waals surface area contributed by atoms with Gasteiger partial charge in [-0.25, -0.2) is 0 Å². The molecule has 0 atom stereocenters. The highest BCUT2D eigenvalue weighted by atomic mass is 16.5. The number of rotatable bonds is 3. The molecule has 0 aliphatic rings. The van der Waals surface area contributed by atoms with Gasteiger partial charge in [0.05, 0.1) is 18.3 Å². The summed E-state index contributed by atoms with van der Waals surface area (Å²) >= 11 is 0. The van der Waals surface area contributed by atoms with Crippen LogP contribution in [0.3, 0.4) is 0 Å². The Bertz CT molecular complexity index is 1050. The van der Waals surface area contributed by atoms with Crippen LogP contribution in [-0.4, -0.2) is 18.3 Å². The Labute approximate surface area is 140 Å². The number of para-hydroxylation sites is 1. The van der Waals surface area contributed by atoms with Gasteiger partial charge < -0.3 is 4.74 Å². The Morgan fingerprint density at radius 3 is 2.62 bits per heavy atom. The van der Waals surface area contributed by atoms with Crippen molar-refractivity contribution in [3.05, 3.63) is 78.5 Å². The van der Waals surface area contributed by atoms with Crippen LogP contribution in [0.2, 0.25) is 0 Å². The van der Waals surface area contributed by atoms with Crippen LogP contribution in [0.25, 0.3) is 21.7 Å². The molecule has 3 heteroatoms. The van der Waals surface area contributed by atoms with Crippen molar-refractivity contribution in [1.82, 2.24) is 4.98 Å². The molecule has 0 saturated carbocycles. The molecule has 1 aromatic heterocycles. The van der Waals surface area contributed by atoms with Gasteiger partial charge in [0.1, 0.15) is 5.75 Å². The van der Waals surface area contributed by atoms with Gasteiger partial charge >= 0.3 is 0 Å². The van der Waals surface area contributed by atoms with Crippen LogP contribution < -0.4 is 4.74 Å². The summed E-state index contributed by atoms with van der Waals surface area (Å²) in [4.78, 5) is 9.15. The van der Waals surface area contributed by atoms with Crippen LogP contribution in [0.5, 0.6) is 5.75 Å². The van der Waals surface area contributed by atoms with Gasteiger partial charge in [0.2, 0.25) is 0 Å². The molecular formula is C21H16N2O. The minimum Gasteiger partial charge on any atom is -0.496 e. The molecule has 0 N–H and O–H groups in total. The maximum Gasteiger partial charge on any atom is 0.128 e. The van der Waals surface area contributed by atoms with Gasteiger partial charge in [-0.2, -0.15) is 0 Å². The molecular weight excluding hydrogens is 296 g/mol. The van der Waals surface area contributed by atoms with Crippen LogP contribution in [0.1, 0.15) is 5.56 Å². The molecule has 24 heavy (non-hydrogen) atoms. The summed E-state index contributed by atoms with van der Waals surface area (Å²) in [6, 6.07) is 22.3. The first-order valence-electron chi connectivity index (χ1n) is 7.80. The third-order valence-electron chi connectivity index (χ3n) is 4.09. The third kappa shape index (κ3) is 2.50. The Kier molecular flexibility index (Phi) is 3.67. The zero-order chi connectivity index (χ0) is 16.4. The van der Waals surface area contributed by atoms with Gasteiger partial charge in [-0.15, -0.1) is 0 Å². The highest BCUT2D eigenvalue weighted by Crippen LogP contribution is 2.28. The van der Waals surface area contributed by atoms with Crippen LogP contribution in [0, 0.1) is 0 Å². The number of nitrogens with zero attached hydrogens (tertiary/aromatic N) is 2. The fourth-order valence-electron chi connectivity index (χ4n) is 2.91. The maximum absolute atomic E-state index is 5.52. The number of fused-ring (bicyclic) bond motifs is 2. The van der Waals surface area contributed by atoms with Crippen LogP contribution in [0.15, 0.2) is 77.9 Å². The van der Waals surface area contributed by atoms with E-state index in [4.69, 9.17) is 9.73 Å². The molecule has 0 aliphatic carbocycles. The van der Waals surface area contributed by atoms with Gasteiger partial charge in [0.25, 0.3) is 0 Å². The van der Waals surface area contributed by atoms with Crippen molar-refractivity contribution in [3.63, 3.8) is 0 Å². The van der Waals surface area contributed by atoms with Crippen LogP contribution >= 0.6 is 0 Å². The molecule has 3 nitrogen and oxygen atoms in total. The Balaban J connectivity index is 1.88. The maximum atomic E-state index is 5.52. The van der Waals surface area contributed by atoms with Crippen molar-refractivity contribution in [1.29, 1.82) is 0 Å². The number of methoxy groups -OCH3 is 1. The van der Waals surface area contributed by atoms with E-state index in [2.05, 4.69) is 23.2 Å². The van der Waals surface area contributed by atoms with Crippen molar-refractivity contribution in [2.45, 2.75) is 0 Å². The fourth-order valence-corrected chi connectivity index (χ4v) is 2.91. The van der Waals surface area contributed by atoms with E-state index in [1.807, 2.05) is 54.7 Å². The smallest absolute Gasteiger partial charge is 0.128 e. The third-order valence-corrected chi connectivity index (χ3v) is 4.09. The van der Waals surface area contributed by atoms with Crippen molar-refractivity contribution in [2.24, 2.45) is 4.99 Å². The second kappa shape index (κ2) is 6.13. The van der Waals surface area contributed by atoms with Crippen molar-refractivity contribution < 1.29 is 4.74 Å². The molecule has 0 bridgehead atoms. The minimum atomic E-state index is 0.811. The molecule has 0 saturated heterocycles. The van der Waals surface area contributed by atoms with E-state index in [0.717, 1.165) is 38.7 Å². The molecule has 0 unspecified atom stereocenters. The number of aromatic nitrogens is 1. The Hall–Kier alpha value is -3.20. The molecule has 0 radical (unpaired) electrons. The Morgan fingerprint density at radius 2 is 1.71 bits per heavy atom. The first kappa shape index (κ1) is 14.4. The van der Waals surface area contributed by atoms with Gasteiger partial charge in [0.15, 0.2) is 0 Å². The SMILES string of the molecule is COc1ccc2ccccc2c1C=Nc1cccc2cccnc12. The lowest BCUT2D eigenvalue weighted by molar-refractivity contribution is 0.415. The number of aliphatic imine (C=N–C) groups is 1. The first-order valence-corrected chi connectivity index (χ1v) is 7.80. The predicted octanol–water partition coefficient (Wildman–Crippen LogP) is 5.15. The van der Waals surface area contributed by atoms with E-state index in [9.17, 15) is 0 Å². The average Bonchev–Trinajstić information content (AvgIpc) is 2.66. The van der Waals surface area contributed by atoms with E-state index >= 15 is 0 Å². The summed E-state index contributed by atoms with van der Waals surface area (Å²) in [6.07, 6.45) is 3.66. The van der Waals surface area contributed by atoms with Crippen LogP contribution in [0.4, 0.5) is 5.69 Å². The number of ether oxygens (including phenoxy) is 1. The number of hydrogen-bond acceptors (Lipinski definition) is 3. The zero-order valence-corrected chi connectivity index (χ0v) is 13.3. The van der Waals surface area contributed by atoms with Crippen molar-refractivity contribution in [2.75, 3.05) is 7.11 Å². The van der Waals surface area contributed by atoms with E-state index in [0.29, 0.717) is 0 Å². The molecule has 4 rings (SSSR count). The largest absolute Gasteiger partial charge is 0.496 e. The highest BCUT2D eigenvalue weighted by Gasteiger charge is 2.06. The first-order chi connectivity index (χ1) is 11.9. The molecule has 4 aromatic rings. The van der Waals surface area contributed by atoms with E-state index < -0.39 is 0 Å². The normalized spacial score (nSPS) is 11.4. The van der Waals surface area contributed by atoms with Gasteiger partial charge in [-0.3, -0.25) is 9.98 Å². The molecule has 0 amide bonds. The van der Waals surface area contributed by atoms with Crippen LogP contribution in [-0.2, 0) is 0 Å². The Morgan fingerprint density at radius 1 is 0.875 bits per heavy atom. The quantitative estimate of drug-likeness (QED) is 0.490. The highest BCUT2D eigenvalue weighted by molar-refractivity contribution is 6.04. The number of benzene rings is 3. The topological polar surface area (TPSA) is 34.5 Å². The van der Waals surface area contributed by atoms with Gasteiger partial charge in [0, 0.05) is 23.4 Å². The molecule has 1 heterocycles. The molecule has 0 spiro atoms. The van der Waals surface area contributed by atoms with Gasteiger partial charge in [-0.05, 0) is 29.0 Å². The number of hydrogen-bond donors (Lipinski definition) is 0. The number of pyridine rings is 1. The lowest BCUT2D eigenvalue weighted by atomic mass is 10.0. The fraction of sp³-hybridized carbons (Fsp3) is 0.0476. The average molecular weight is 312 g/mol. The van der Waals surface area contributed by atoms with E-state index in [-0.39, 0.29) is 0 Å². The molecule has 3 aromatic carbocycles. The zero-order valence-electron chi connectivity index (χ0n) is 13.3. The van der Waals surface area contributed by atoms with Gasteiger partial charge in [-0.1, -0.05) is 48.5 Å². The monoisotopic (exact) mass is 312 g/mol. The lowest BCUT2D eigenvalue weighted by Gasteiger charge is -2.08. The minimum absolute atomic E-state index is 0.811. The standard InChI is InChI=1S/C21H16N2O/c1-24-20-12-11-15-6-2-3-9-17(15)18(20)14-23-19-10-4-7-16-8-5-13-22-21(16)19/h2-14H,1H3. The second-order valence-electron chi connectivity index (χ2n) is 5.51. The summed E-state index contributed by atoms with van der Waals surface area (Å²) in [7, 11) is 1.68. The summed E-state index contributed by atoms with van der Waals surface area (Å²) in [6.45, 7) is 0. The van der Waals surface area contributed by atoms with E-state index in [1.54, 1.807) is 13.3 Å². The van der Waals surface area contributed by atoms with Crippen molar-refractivity contribution >= 4 is 33.6 Å². The molecule has 0 aliphatic heterocycles. The molecule has 116 valence electrons. The lowest BCUT2D eigenvalue weighted by Crippen LogP contribution is -1.92.